The second kappa shape index (κ2) is 9.94. The van der Waals surface area contributed by atoms with E-state index in [4.69, 9.17) is 18.6 Å². The Balaban J connectivity index is 2.11. The number of methoxy groups -OCH3 is 1. The molecule has 1 aliphatic rings. The van der Waals surface area contributed by atoms with Crippen LogP contribution in [0.5, 0.6) is 11.5 Å². The lowest BCUT2D eigenvalue weighted by Gasteiger charge is -2.29. The highest BCUT2D eigenvalue weighted by atomic mass is 31.2. The first kappa shape index (κ1) is 23.4. The molecule has 3 rings (SSSR count). The first-order valence-electron chi connectivity index (χ1n) is 10.1. The second-order valence-electron chi connectivity index (χ2n) is 7.04. The normalized spacial score (nSPS) is 21.9. The molecule has 1 heterocycles. The van der Waals surface area contributed by atoms with Crippen molar-refractivity contribution in [2.75, 3.05) is 27.4 Å². The maximum absolute atomic E-state index is 13.7. The van der Waals surface area contributed by atoms with Gasteiger partial charge in [0.15, 0.2) is 5.78 Å². The van der Waals surface area contributed by atoms with Crippen LogP contribution in [0.3, 0.4) is 0 Å². The Morgan fingerprint density at radius 2 is 1.71 bits per heavy atom. The van der Waals surface area contributed by atoms with Gasteiger partial charge in [0.2, 0.25) is 0 Å². The minimum Gasteiger partial charge on any atom is -0.507 e. The number of Topliss-reactive ketones (excluding diaryl/α,β-unsaturated/α-hetero) is 1. The van der Waals surface area contributed by atoms with Crippen LogP contribution < -0.4 is 4.74 Å². The number of hydroxylamine groups is 2. The molecular formula is C22H28NO7P. The van der Waals surface area contributed by atoms with Crippen LogP contribution in [0, 0.1) is 5.92 Å². The molecule has 0 spiro atoms. The molecule has 8 nitrogen and oxygen atoms in total. The predicted octanol–water partition coefficient (Wildman–Crippen LogP) is 4.41. The number of ketones is 1. The second-order valence-corrected chi connectivity index (χ2v) is 9.17. The molecule has 31 heavy (non-hydrogen) atoms. The van der Waals surface area contributed by atoms with E-state index in [1.54, 1.807) is 64.4 Å². The fourth-order valence-corrected chi connectivity index (χ4v) is 6.07. The maximum atomic E-state index is 13.7. The third kappa shape index (κ3) is 4.68. The Bertz CT molecular complexity index is 939. The molecule has 1 saturated heterocycles. The van der Waals surface area contributed by atoms with E-state index in [1.807, 2.05) is 0 Å². The smallest absolute Gasteiger partial charge is 0.350 e. The van der Waals surface area contributed by atoms with Crippen LogP contribution in [0.4, 0.5) is 0 Å². The van der Waals surface area contributed by atoms with Gasteiger partial charge in [0.1, 0.15) is 23.4 Å². The van der Waals surface area contributed by atoms with Crippen LogP contribution >= 0.6 is 7.60 Å². The summed E-state index contributed by atoms with van der Waals surface area (Å²) >= 11 is 0. The third-order valence-electron chi connectivity index (χ3n) is 5.16. The largest absolute Gasteiger partial charge is 0.507 e. The number of nitrogens with zero attached hydrogens (tertiary/aromatic N) is 1. The van der Waals surface area contributed by atoms with Crippen molar-refractivity contribution in [1.29, 1.82) is 0 Å². The molecule has 168 valence electrons. The van der Waals surface area contributed by atoms with Crippen LogP contribution in [0.1, 0.15) is 35.9 Å². The van der Waals surface area contributed by atoms with Crippen LogP contribution in [0.15, 0.2) is 48.5 Å². The summed E-state index contributed by atoms with van der Waals surface area (Å²) in [5.74, 6) is -1.85. The van der Waals surface area contributed by atoms with Gasteiger partial charge < -0.3 is 18.9 Å². The zero-order valence-corrected chi connectivity index (χ0v) is 19.0. The SMILES string of the molecule is CCOP(=O)(OCC)[C@@H]1[C@@H](C(=O)c2ccccc2O)[C@H](c2ccc(OC)cc2)ON1C. The molecule has 3 atom stereocenters. The van der Waals surface area contributed by atoms with Crippen molar-refractivity contribution in [3.63, 3.8) is 0 Å². The van der Waals surface area contributed by atoms with Crippen molar-refractivity contribution in [3.8, 4) is 11.5 Å². The lowest BCUT2D eigenvalue weighted by Crippen LogP contribution is -2.35. The van der Waals surface area contributed by atoms with Crippen molar-refractivity contribution in [3.05, 3.63) is 59.7 Å². The van der Waals surface area contributed by atoms with Crippen molar-refractivity contribution >= 4 is 13.4 Å². The first-order chi connectivity index (χ1) is 14.9. The molecule has 2 aromatic rings. The molecule has 2 aromatic carbocycles. The molecule has 0 radical (unpaired) electrons. The van der Waals surface area contributed by atoms with Gasteiger partial charge in [-0.2, -0.15) is 5.06 Å². The number of carbonyl (C=O) groups is 1. The summed E-state index contributed by atoms with van der Waals surface area (Å²) in [4.78, 5) is 19.7. The van der Waals surface area contributed by atoms with E-state index in [0.717, 1.165) is 0 Å². The van der Waals surface area contributed by atoms with Gasteiger partial charge >= 0.3 is 7.60 Å². The number of phenolic OH excluding ortho intramolecular Hbond substituents is 1. The Morgan fingerprint density at radius 1 is 1.10 bits per heavy atom. The number of aromatic hydroxyl groups is 1. The highest BCUT2D eigenvalue weighted by Crippen LogP contribution is 2.62. The summed E-state index contributed by atoms with van der Waals surface area (Å²) in [5, 5.41) is 11.7. The van der Waals surface area contributed by atoms with E-state index in [0.29, 0.717) is 11.3 Å². The number of ether oxygens (including phenoxy) is 1. The highest BCUT2D eigenvalue weighted by molar-refractivity contribution is 7.54. The van der Waals surface area contributed by atoms with Crippen LogP contribution in [-0.4, -0.2) is 49.1 Å². The van der Waals surface area contributed by atoms with Gasteiger partial charge in [-0.1, -0.05) is 24.3 Å². The lowest BCUT2D eigenvalue weighted by molar-refractivity contribution is -0.137. The van der Waals surface area contributed by atoms with E-state index < -0.39 is 31.2 Å². The maximum Gasteiger partial charge on any atom is 0.350 e. The molecule has 0 bridgehead atoms. The predicted molar refractivity (Wildman–Crippen MR) is 115 cm³/mol. The Labute approximate surface area is 182 Å². The van der Waals surface area contributed by atoms with Crippen LogP contribution in [0.2, 0.25) is 0 Å². The molecule has 0 aromatic heterocycles. The minimum atomic E-state index is -3.77. The van der Waals surface area contributed by atoms with Crippen molar-refractivity contribution in [1.82, 2.24) is 5.06 Å². The summed E-state index contributed by atoms with van der Waals surface area (Å²) < 4.78 is 30.1. The summed E-state index contributed by atoms with van der Waals surface area (Å²) in [5.41, 5.74) is 0.818. The van der Waals surface area contributed by atoms with Gasteiger partial charge in [-0.05, 0) is 43.7 Å². The third-order valence-corrected chi connectivity index (χ3v) is 7.69. The minimum absolute atomic E-state index is 0.120. The molecule has 9 heteroatoms. The van der Waals surface area contributed by atoms with Crippen LogP contribution in [-0.2, 0) is 18.5 Å². The fraction of sp³-hybridized carbons (Fsp3) is 0.409. The van der Waals surface area contributed by atoms with E-state index in [-0.39, 0.29) is 24.5 Å². The van der Waals surface area contributed by atoms with E-state index in [1.165, 1.54) is 17.2 Å². The summed E-state index contributed by atoms with van der Waals surface area (Å²) in [6.45, 7) is 3.71. The van der Waals surface area contributed by atoms with Gasteiger partial charge in [0.25, 0.3) is 0 Å². The van der Waals surface area contributed by atoms with E-state index >= 15 is 0 Å². The van der Waals surface area contributed by atoms with Gasteiger partial charge in [0.05, 0.1) is 31.8 Å². The first-order valence-corrected chi connectivity index (χ1v) is 11.7. The zero-order chi connectivity index (χ0) is 22.6. The average Bonchev–Trinajstić information content (AvgIpc) is 3.12. The molecule has 1 fully saturated rings. The van der Waals surface area contributed by atoms with Crippen molar-refractivity contribution in [2.45, 2.75) is 25.7 Å². The van der Waals surface area contributed by atoms with Gasteiger partial charge in [0, 0.05) is 7.05 Å². The average molecular weight is 449 g/mol. The standard InChI is InChI=1S/C22H28NO7P/c1-5-28-31(26,29-6-2)22-19(20(25)17-9-7-8-10-18(17)24)21(30-23(22)3)15-11-13-16(27-4)14-12-15/h7-14,19,21-22,24H,5-6H2,1-4H3/t19-,21-,22+/m0/s1. The monoisotopic (exact) mass is 449 g/mol. The van der Waals surface area contributed by atoms with Crippen molar-refractivity contribution < 1.29 is 33.1 Å². The van der Waals surface area contributed by atoms with E-state index in [9.17, 15) is 14.5 Å². The summed E-state index contributed by atoms with van der Waals surface area (Å²) in [6.07, 6.45) is -0.762. The molecular weight excluding hydrogens is 421 g/mol. The molecule has 0 unspecified atom stereocenters. The Kier molecular flexibility index (Phi) is 7.51. The molecule has 0 saturated carbocycles. The fourth-order valence-electron chi connectivity index (χ4n) is 3.83. The number of para-hydroxylation sites is 1. The van der Waals surface area contributed by atoms with Crippen molar-refractivity contribution in [2.24, 2.45) is 5.92 Å². The number of hydrogen-bond donors (Lipinski definition) is 1. The highest BCUT2D eigenvalue weighted by Gasteiger charge is 2.56. The lowest BCUT2D eigenvalue weighted by atomic mass is 9.88. The molecule has 1 N–H and O–H groups in total. The van der Waals surface area contributed by atoms with E-state index in [2.05, 4.69) is 0 Å². The number of carbonyl (C=O) groups excluding carboxylic acids is 1. The zero-order valence-electron chi connectivity index (χ0n) is 18.1. The number of rotatable bonds is 9. The summed E-state index contributed by atoms with van der Waals surface area (Å²) in [6, 6.07) is 13.4. The Hall–Kier alpha value is -2.22. The molecule has 1 aliphatic heterocycles. The molecule has 0 amide bonds. The molecule has 0 aliphatic carbocycles. The van der Waals surface area contributed by atoms with Gasteiger partial charge in [-0.15, -0.1) is 0 Å². The number of benzene rings is 2. The van der Waals surface area contributed by atoms with Gasteiger partial charge in [-0.25, -0.2) is 0 Å². The quantitative estimate of drug-likeness (QED) is 0.444. The topological polar surface area (TPSA) is 94.5 Å². The number of hydrogen-bond acceptors (Lipinski definition) is 8. The summed E-state index contributed by atoms with van der Waals surface area (Å²) in [7, 11) is -0.602. The Morgan fingerprint density at radius 3 is 2.26 bits per heavy atom. The van der Waals surface area contributed by atoms with Gasteiger partial charge in [-0.3, -0.25) is 14.2 Å². The van der Waals surface area contributed by atoms with Crippen LogP contribution in [0.25, 0.3) is 0 Å². The number of phenols is 1.